The normalized spacial score (nSPS) is 26.4. The summed E-state index contributed by atoms with van der Waals surface area (Å²) in [7, 11) is 0. The zero-order valence-electron chi connectivity index (χ0n) is 11.8. The lowest BCUT2D eigenvalue weighted by Crippen LogP contribution is -2.39. The predicted octanol–water partition coefficient (Wildman–Crippen LogP) is 2.01. The molecule has 4 nitrogen and oxygen atoms in total. The van der Waals surface area contributed by atoms with Gasteiger partial charge in [0.25, 0.3) is 0 Å². The Kier molecular flexibility index (Phi) is 4.80. The van der Waals surface area contributed by atoms with Crippen LogP contribution in [0.4, 0.5) is 0 Å². The van der Waals surface area contributed by atoms with Gasteiger partial charge < -0.3 is 14.3 Å². The smallest absolute Gasteiger partial charge is 0.126 e. The van der Waals surface area contributed by atoms with Crippen LogP contribution in [0.25, 0.3) is 6.08 Å². The quantitative estimate of drug-likeness (QED) is 0.904. The van der Waals surface area contributed by atoms with E-state index in [1.54, 1.807) is 6.26 Å². The van der Waals surface area contributed by atoms with Crippen LogP contribution in [0.1, 0.15) is 19.6 Å². The zero-order chi connectivity index (χ0) is 13.7. The van der Waals surface area contributed by atoms with Crippen molar-refractivity contribution < 1.29 is 14.3 Å². The van der Waals surface area contributed by atoms with Crippen molar-refractivity contribution in [1.82, 2.24) is 4.90 Å². The van der Waals surface area contributed by atoms with Gasteiger partial charge in [-0.15, -0.1) is 0 Å². The van der Waals surface area contributed by atoms with E-state index in [1.165, 1.54) is 5.57 Å². The van der Waals surface area contributed by atoms with Gasteiger partial charge in [-0.2, -0.15) is 0 Å². The Morgan fingerprint density at radius 1 is 1.58 bits per heavy atom. The fourth-order valence-electron chi connectivity index (χ4n) is 2.42. The van der Waals surface area contributed by atoms with Crippen LogP contribution < -0.4 is 0 Å². The van der Waals surface area contributed by atoms with Gasteiger partial charge in [0.1, 0.15) is 5.76 Å². The average Bonchev–Trinajstić information content (AvgIpc) is 2.80. The number of hydrogen-bond donors (Lipinski definition) is 1. The highest BCUT2D eigenvalue weighted by Crippen LogP contribution is 2.21. The molecule has 1 N–H and O–H groups in total. The van der Waals surface area contributed by atoms with Crippen molar-refractivity contribution in [2.75, 3.05) is 39.5 Å². The molecule has 1 aliphatic rings. The molecule has 0 aliphatic carbocycles. The molecule has 1 aromatic rings. The molecule has 1 aromatic heterocycles. The number of nitrogens with zero attached hydrogens (tertiary/aromatic N) is 1. The maximum Gasteiger partial charge on any atom is 0.126 e. The zero-order valence-corrected chi connectivity index (χ0v) is 11.8. The van der Waals surface area contributed by atoms with Gasteiger partial charge in [-0.1, -0.05) is 12.5 Å². The topological polar surface area (TPSA) is 45.8 Å². The van der Waals surface area contributed by atoms with Crippen molar-refractivity contribution >= 4 is 6.08 Å². The van der Waals surface area contributed by atoms with Gasteiger partial charge in [-0.05, 0) is 25.1 Å². The molecule has 1 saturated heterocycles. The minimum atomic E-state index is -0.165. The molecule has 2 heterocycles. The lowest BCUT2D eigenvalue weighted by Gasteiger charge is -2.30. The molecule has 1 atom stereocenters. The van der Waals surface area contributed by atoms with Crippen molar-refractivity contribution in [2.45, 2.75) is 13.8 Å². The molecule has 1 aliphatic heterocycles. The van der Waals surface area contributed by atoms with Crippen LogP contribution in [0.5, 0.6) is 0 Å². The van der Waals surface area contributed by atoms with Crippen molar-refractivity contribution in [3.05, 3.63) is 29.7 Å². The third kappa shape index (κ3) is 4.20. The van der Waals surface area contributed by atoms with E-state index in [2.05, 4.69) is 24.8 Å². The van der Waals surface area contributed by atoms with Gasteiger partial charge in [-0.3, -0.25) is 4.90 Å². The summed E-state index contributed by atoms with van der Waals surface area (Å²) in [5, 5.41) is 9.50. The maximum absolute atomic E-state index is 9.50. The van der Waals surface area contributed by atoms with E-state index in [4.69, 9.17) is 9.15 Å². The molecule has 0 bridgehead atoms. The SMILES string of the molecule is C/C(=C\c1ccco1)CN1CCOCC(C)(CO)C1. The lowest BCUT2D eigenvalue weighted by atomic mass is 9.92. The van der Waals surface area contributed by atoms with Crippen LogP contribution in [0, 0.1) is 5.41 Å². The van der Waals surface area contributed by atoms with Crippen LogP contribution in [0.15, 0.2) is 28.4 Å². The summed E-state index contributed by atoms with van der Waals surface area (Å²) in [4.78, 5) is 2.33. The average molecular weight is 265 g/mol. The second kappa shape index (κ2) is 6.37. The molecular weight excluding hydrogens is 242 g/mol. The van der Waals surface area contributed by atoms with Gasteiger partial charge >= 0.3 is 0 Å². The van der Waals surface area contributed by atoms with Crippen molar-refractivity contribution in [3.63, 3.8) is 0 Å². The van der Waals surface area contributed by atoms with Crippen LogP contribution in [-0.2, 0) is 4.74 Å². The first kappa shape index (κ1) is 14.3. The van der Waals surface area contributed by atoms with Gasteiger partial charge in [0.15, 0.2) is 0 Å². The lowest BCUT2D eigenvalue weighted by molar-refractivity contribution is 0.0356. The van der Waals surface area contributed by atoms with Crippen LogP contribution in [-0.4, -0.2) is 49.5 Å². The summed E-state index contributed by atoms with van der Waals surface area (Å²) in [6, 6.07) is 3.84. The van der Waals surface area contributed by atoms with Crippen molar-refractivity contribution in [2.24, 2.45) is 5.41 Å². The molecule has 0 aromatic carbocycles. The van der Waals surface area contributed by atoms with E-state index in [0.29, 0.717) is 6.61 Å². The Balaban J connectivity index is 1.97. The highest BCUT2D eigenvalue weighted by atomic mass is 16.5. The van der Waals surface area contributed by atoms with E-state index in [9.17, 15) is 5.11 Å². The van der Waals surface area contributed by atoms with E-state index in [0.717, 1.165) is 32.0 Å². The summed E-state index contributed by atoms with van der Waals surface area (Å²) >= 11 is 0. The molecule has 0 saturated carbocycles. The Hall–Kier alpha value is -1.10. The van der Waals surface area contributed by atoms with E-state index >= 15 is 0 Å². The number of hydrogen-bond acceptors (Lipinski definition) is 4. The third-order valence-electron chi connectivity index (χ3n) is 3.39. The molecule has 0 spiro atoms. The third-order valence-corrected chi connectivity index (χ3v) is 3.39. The monoisotopic (exact) mass is 265 g/mol. The summed E-state index contributed by atoms with van der Waals surface area (Å²) in [6.45, 7) is 8.31. The largest absolute Gasteiger partial charge is 0.465 e. The first-order valence-electron chi connectivity index (χ1n) is 6.73. The Labute approximate surface area is 114 Å². The Morgan fingerprint density at radius 2 is 2.42 bits per heavy atom. The highest BCUT2D eigenvalue weighted by Gasteiger charge is 2.29. The molecule has 106 valence electrons. The number of aliphatic hydroxyl groups excluding tert-OH is 1. The van der Waals surface area contributed by atoms with Crippen molar-refractivity contribution in [3.8, 4) is 0 Å². The number of ether oxygens (including phenoxy) is 1. The van der Waals surface area contributed by atoms with Gasteiger partial charge in [0, 0.05) is 25.0 Å². The molecule has 0 amide bonds. The van der Waals surface area contributed by atoms with E-state index in [-0.39, 0.29) is 12.0 Å². The first-order valence-corrected chi connectivity index (χ1v) is 6.73. The van der Waals surface area contributed by atoms with Crippen LogP contribution >= 0.6 is 0 Å². The number of aliphatic hydroxyl groups is 1. The minimum absolute atomic E-state index is 0.157. The second-order valence-corrected chi connectivity index (χ2v) is 5.74. The highest BCUT2D eigenvalue weighted by molar-refractivity contribution is 5.46. The second-order valence-electron chi connectivity index (χ2n) is 5.74. The fourth-order valence-corrected chi connectivity index (χ4v) is 2.42. The number of furan rings is 1. The molecule has 0 radical (unpaired) electrons. The predicted molar refractivity (Wildman–Crippen MR) is 74.8 cm³/mol. The summed E-state index contributed by atoms with van der Waals surface area (Å²) in [5.41, 5.74) is 1.08. The van der Waals surface area contributed by atoms with E-state index < -0.39 is 0 Å². The fraction of sp³-hybridized carbons (Fsp3) is 0.600. The van der Waals surface area contributed by atoms with Gasteiger partial charge in [-0.25, -0.2) is 0 Å². The molecule has 19 heavy (non-hydrogen) atoms. The van der Waals surface area contributed by atoms with Crippen LogP contribution in [0.3, 0.4) is 0 Å². The minimum Gasteiger partial charge on any atom is -0.465 e. The van der Waals surface area contributed by atoms with Crippen molar-refractivity contribution in [1.29, 1.82) is 0 Å². The summed E-state index contributed by atoms with van der Waals surface area (Å²) in [5.74, 6) is 0.883. The van der Waals surface area contributed by atoms with E-state index in [1.807, 2.05) is 12.1 Å². The number of rotatable bonds is 4. The Morgan fingerprint density at radius 3 is 3.11 bits per heavy atom. The molecule has 1 unspecified atom stereocenters. The van der Waals surface area contributed by atoms with Crippen LogP contribution in [0.2, 0.25) is 0 Å². The standard InChI is InChI=1S/C15H23NO3/c1-13(8-14-4-3-6-19-14)9-16-5-7-18-12-15(2,10-16)11-17/h3-4,6,8,17H,5,7,9-12H2,1-2H3/b13-8+. The molecule has 4 heteroatoms. The summed E-state index contributed by atoms with van der Waals surface area (Å²) in [6.07, 6.45) is 3.74. The molecule has 2 rings (SSSR count). The van der Waals surface area contributed by atoms with Gasteiger partial charge in [0.2, 0.25) is 0 Å². The Bertz CT molecular complexity index is 413. The van der Waals surface area contributed by atoms with Gasteiger partial charge in [0.05, 0.1) is 26.1 Å². The molecule has 1 fully saturated rings. The molecular formula is C15H23NO3. The first-order chi connectivity index (χ1) is 9.11. The summed E-state index contributed by atoms with van der Waals surface area (Å²) < 4.78 is 10.9. The maximum atomic E-state index is 9.50.